The van der Waals surface area contributed by atoms with Gasteiger partial charge in [0.05, 0.1) is 6.61 Å². The average Bonchev–Trinajstić information content (AvgIpc) is 2.94. The molecule has 1 saturated heterocycles. The van der Waals surface area contributed by atoms with Crippen molar-refractivity contribution in [3.05, 3.63) is 0 Å². The first-order valence-corrected chi connectivity index (χ1v) is 8.81. The zero-order valence-corrected chi connectivity index (χ0v) is 14.0. The van der Waals surface area contributed by atoms with Gasteiger partial charge >= 0.3 is 5.97 Å². The maximum atomic E-state index is 12.4. The van der Waals surface area contributed by atoms with Crippen LogP contribution in [0.15, 0.2) is 0 Å². The second-order valence-corrected chi connectivity index (χ2v) is 6.64. The summed E-state index contributed by atoms with van der Waals surface area (Å²) in [6.07, 6.45) is 6.90. The van der Waals surface area contributed by atoms with Gasteiger partial charge in [-0.1, -0.05) is 20.3 Å². The zero-order chi connectivity index (χ0) is 15.3. The van der Waals surface area contributed by atoms with E-state index in [1.54, 1.807) is 0 Å². The molecule has 1 saturated carbocycles. The van der Waals surface area contributed by atoms with Crippen molar-refractivity contribution in [3.8, 4) is 0 Å². The fourth-order valence-corrected chi connectivity index (χ4v) is 4.12. The summed E-state index contributed by atoms with van der Waals surface area (Å²) in [5, 5.41) is 3.44. The maximum Gasteiger partial charge on any atom is 0.326 e. The van der Waals surface area contributed by atoms with Crippen LogP contribution in [0.25, 0.3) is 0 Å². The molecule has 0 aromatic carbocycles. The number of carbonyl (C=O) groups excluding carboxylic acids is 1. The Balaban J connectivity index is 2.00. The summed E-state index contributed by atoms with van der Waals surface area (Å²) in [5.41, 5.74) is -0.436. The third kappa shape index (κ3) is 3.78. The normalized spacial score (nSPS) is 34.0. The van der Waals surface area contributed by atoms with Gasteiger partial charge < -0.3 is 15.0 Å². The van der Waals surface area contributed by atoms with E-state index < -0.39 is 5.54 Å². The highest BCUT2D eigenvalue weighted by Crippen LogP contribution is 2.36. The molecule has 4 nitrogen and oxygen atoms in total. The Labute approximate surface area is 129 Å². The molecule has 3 unspecified atom stereocenters. The van der Waals surface area contributed by atoms with Crippen LogP contribution in [-0.2, 0) is 9.53 Å². The summed E-state index contributed by atoms with van der Waals surface area (Å²) < 4.78 is 5.34. The van der Waals surface area contributed by atoms with Crippen molar-refractivity contribution in [2.45, 2.75) is 70.9 Å². The molecular weight excluding hydrogens is 264 g/mol. The van der Waals surface area contributed by atoms with E-state index >= 15 is 0 Å². The predicted molar refractivity (Wildman–Crippen MR) is 85.3 cm³/mol. The van der Waals surface area contributed by atoms with Gasteiger partial charge in [-0.15, -0.1) is 0 Å². The van der Waals surface area contributed by atoms with E-state index in [0.29, 0.717) is 12.6 Å². The molecule has 1 heterocycles. The Morgan fingerprint density at radius 1 is 1.33 bits per heavy atom. The van der Waals surface area contributed by atoms with E-state index in [0.717, 1.165) is 31.7 Å². The number of hydrogen-bond donors (Lipinski definition) is 1. The van der Waals surface area contributed by atoms with E-state index in [-0.39, 0.29) is 5.97 Å². The van der Waals surface area contributed by atoms with E-state index in [4.69, 9.17) is 4.74 Å². The van der Waals surface area contributed by atoms with Gasteiger partial charge in [-0.05, 0) is 58.0 Å². The molecular formula is C17H32N2O2. The lowest BCUT2D eigenvalue weighted by Gasteiger charge is -2.37. The second kappa shape index (κ2) is 7.59. The molecule has 0 bridgehead atoms. The van der Waals surface area contributed by atoms with Crippen LogP contribution in [0.1, 0.15) is 59.3 Å². The van der Waals surface area contributed by atoms with Crippen molar-refractivity contribution in [3.63, 3.8) is 0 Å². The summed E-state index contributed by atoms with van der Waals surface area (Å²) in [7, 11) is 0. The Bertz CT molecular complexity index is 348. The topological polar surface area (TPSA) is 41.6 Å². The maximum absolute atomic E-state index is 12.4. The lowest BCUT2D eigenvalue weighted by atomic mass is 9.93. The number of likely N-dealkylation sites (N-methyl/N-ethyl adjacent to an activating group) is 1. The first-order valence-electron chi connectivity index (χ1n) is 8.81. The van der Waals surface area contributed by atoms with Crippen LogP contribution >= 0.6 is 0 Å². The number of piperidine rings is 1. The molecule has 0 amide bonds. The van der Waals surface area contributed by atoms with Crippen molar-refractivity contribution in [1.29, 1.82) is 0 Å². The number of nitrogens with one attached hydrogen (secondary N) is 1. The summed E-state index contributed by atoms with van der Waals surface area (Å²) >= 11 is 0. The van der Waals surface area contributed by atoms with Crippen molar-refractivity contribution in [1.82, 2.24) is 10.2 Å². The molecule has 1 N–H and O–H groups in total. The fraction of sp³-hybridized carbons (Fsp3) is 0.941. The first kappa shape index (κ1) is 16.8. The van der Waals surface area contributed by atoms with Crippen LogP contribution in [0.5, 0.6) is 0 Å². The Hall–Kier alpha value is -0.610. The van der Waals surface area contributed by atoms with E-state index in [2.05, 4.69) is 24.1 Å². The molecule has 0 aromatic rings. The minimum atomic E-state index is -0.436. The third-order valence-corrected chi connectivity index (χ3v) is 5.31. The van der Waals surface area contributed by atoms with Crippen molar-refractivity contribution >= 4 is 5.97 Å². The lowest BCUT2D eigenvalue weighted by molar-refractivity contribution is -0.151. The molecule has 0 radical (unpaired) electrons. The predicted octanol–water partition coefficient (Wildman–Crippen LogP) is 2.57. The molecule has 2 rings (SSSR count). The lowest BCUT2D eigenvalue weighted by Crippen LogP contribution is -2.52. The van der Waals surface area contributed by atoms with Gasteiger partial charge in [-0.3, -0.25) is 4.79 Å². The van der Waals surface area contributed by atoms with E-state index in [9.17, 15) is 4.79 Å². The summed E-state index contributed by atoms with van der Waals surface area (Å²) in [6.45, 7) is 9.97. The van der Waals surface area contributed by atoms with Crippen molar-refractivity contribution in [2.75, 3.05) is 26.2 Å². The van der Waals surface area contributed by atoms with Crippen LogP contribution in [0.3, 0.4) is 0 Å². The first-order chi connectivity index (χ1) is 10.1. The summed E-state index contributed by atoms with van der Waals surface area (Å²) in [5.74, 6) is 0.800. The van der Waals surface area contributed by atoms with Crippen LogP contribution in [-0.4, -0.2) is 48.7 Å². The highest BCUT2D eigenvalue weighted by molar-refractivity contribution is 5.81. The number of ether oxygens (including phenoxy) is 1. The summed E-state index contributed by atoms with van der Waals surface area (Å²) in [6, 6.07) is 0.544. The SMILES string of the molecule is CCNC1(C(=O)OCC)CCC(N2CCCC(CC)C2)C1. The molecule has 1 aliphatic carbocycles. The van der Waals surface area contributed by atoms with Gasteiger partial charge in [0.2, 0.25) is 0 Å². The van der Waals surface area contributed by atoms with Gasteiger partial charge in [-0.25, -0.2) is 0 Å². The Morgan fingerprint density at radius 2 is 2.14 bits per heavy atom. The van der Waals surface area contributed by atoms with Crippen LogP contribution < -0.4 is 5.32 Å². The van der Waals surface area contributed by atoms with Crippen LogP contribution in [0.4, 0.5) is 0 Å². The van der Waals surface area contributed by atoms with Gasteiger partial charge in [0.15, 0.2) is 0 Å². The van der Waals surface area contributed by atoms with E-state index in [1.807, 2.05) is 6.92 Å². The molecule has 1 aliphatic heterocycles. The molecule has 2 aliphatic rings. The monoisotopic (exact) mass is 296 g/mol. The standard InChI is InChI=1S/C17H32N2O2/c1-4-14-8-7-11-19(13-14)15-9-10-17(12-15,18-5-2)16(20)21-6-3/h14-15,18H,4-13H2,1-3H3. The minimum Gasteiger partial charge on any atom is -0.465 e. The molecule has 2 fully saturated rings. The number of hydrogen-bond acceptors (Lipinski definition) is 4. The highest BCUT2D eigenvalue weighted by atomic mass is 16.5. The smallest absolute Gasteiger partial charge is 0.326 e. The van der Waals surface area contributed by atoms with Crippen molar-refractivity contribution in [2.24, 2.45) is 5.92 Å². The molecule has 122 valence electrons. The molecule has 3 atom stereocenters. The molecule has 0 aromatic heterocycles. The van der Waals surface area contributed by atoms with Crippen LogP contribution in [0, 0.1) is 5.92 Å². The van der Waals surface area contributed by atoms with Crippen molar-refractivity contribution < 1.29 is 9.53 Å². The quantitative estimate of drug-likeness (QED) is 0.765. The van der Waals surface area contributed by atoms with Gasteiger partial charge in [0.1, 0.15) is 5.54 Å². The number of likely N-dealkylation sites (tertiary alicyclic amines) is 1. The minimum absolute atomic E-state index is 0.0431. The van der Waals surface area contributed by atoms with Gasteiger partial charge in [0, 0.05) is 12.6 Å². The number of carbonyl (C=O) groups is 1. The van der Waals surface area contributed by atoms with Gasteiger partial charge in [0.25, 0.3) is 0 Å². The Kier molecular flexibility index (Phi) is 6.06. The molecule has 21 heavy (non-hydrogen) atoms. The Morgan fingerprint density at radius 3 is 2.81 bits per heavy atom. The average molecular weight is 296 g/mol. The van der Waals surface area contributed by atoms with Crippen LogP contribution in [0.2, 0.25) is 0 Å². The number of nitrogens with zero attached hydrogens (tertiary/aromatic N) is 1. The second-order valence-electron chi connectivity index (χ2n) is 6.64. The zero-order valence-electron chi connectivity index (χ0n) is 14.0. The largest absolute Gasteiger partial charge is 0.465 e. The summed E-state index contributed by atoms with van der Waals surface area (Å²) in [4.78, 5) is 15.0. The number of rotatable bonds is 6. The van der Waals surface area contributed by atoms with Gasteiger partial charge in [-0.2, -0.15) is 0 Å². The fourth-order valence-electron chi connectivity index (χ4n) is 4.12. The molecule has 4 heteroatoms. The third-order valence-electron chi connectivity index (χ3n) is 5.31. The molecule has 0 spiro atoms. The van der Waals surface area contributed by atoms with E-state index in [1.165, 1.54) is 32.4 Å². The number of esters is 1. The highest BCUT2D eigenvalue weighted by Gasteiger charge is 2.47.